The first kappa shape index (κ1) is 27.2. The fraction of sp³-hybridized carbons (Fsp3) is 0.103. The highest BCUT2D eigenvalue weighted by Gasteiger charge is 2.23. The number of nitro benzene ring substituents is 1. The molecule has 2 N–H and O–H groups in total. The summed E-state index contributed by atoms with van der Waals surface area (Å²) >= 11 is 1.37. The van der Waals surface area contributed by atoms with Crippen LogP contribution in [-0.2, 0) is 4.79 Å². The molecule has 0 saturated heterocycles. The van der Waals surface area contributed by atoms with Gasteiger partial charge in [-0.1, -0.05) is 30.3 Å². The number of nitro groups is 1. The summed E-state index contributed by atoms with van der Waals surface area (Å²) < 4.78 is 10.6. The Morgan fingerprint density at radius 1 is 0.795 bits per heavy atom. The molecule has 2 amide bonds. The van der Waals surface area contributed by atoms with E-state index in [0.717, 1.165) is 10.5 Å². The molecule has 0 aliphatic rings. The Morgan fingerprint density at radius 3 is 1.97 bits per heavy atom. The Morgan fingerprint density at radius 2 is 1.41 bits per heavy atom. The Balaban J connectivity index is 1.48. The van der Waals surface area contributed by atoms with Crippen LogP contribution in [0.15, 0.2) is 102 Å². The van der Waals surface area contributed by atoms with Gasteiger partial charge >= 0.3 is 0 Å². The van der Waals surface area contributed by atoms with E-state index < -0.39 is 10.2 Å². The van der Waals surface area contributed by atoms with Crippen molar-refractivity contribution < 1.29 is 24.0 Å². The number of anilines is 2. The Kier molecular flexibility index (Phi) is 8.80. The minimum atomic E-state index is -0.566. The van der Waals surface area contributed by atoms with Crippen molar-refractivity contribution in [2.75, 3.05) is 24.9 Å². The van der Waals surface area contributed by atoms with Crippen LogP contribution in [0.5, 0.6) is 11.5 Å². The lowest BCUT2D eigenvalue weighted by molar-refractivity contribution is -0.384. The minimum absolute atomic E-state index is 0.0875. The summed E-state index contributed by atoms with van der Waals surface area (Å²) in [6.07, 6.45) is 0. The average Bonchev–Trinajstić information content (AvgIpc) is 2.96. The van der Waals surface area contributed by atoms with E-state index in [0.29, 0.717) is 28.4 Å². The van der Waals surface area contributed by atoms with Crippen molar-refractivity contribution in [1.82, 2.24) is 0 Å². The average molecular weight is 544 g/mol. The van der Waals surface area contributed by atoms with Crippen molar-refractivity contribution in [3.63, 3.8) is 0 Å². The number of non-ortho nitro benzene ring substituents is 1. The third-order valence-electron chi connectivity index (χ3n) is 5.67. The molecule has 9 nitrogen and oxygen atoms in total. The molecule has 39 heavy (non-hydrogen) atoms. The Labute approximate surface area is 229 Å². The molecule has 4 rings (SSSR count). The molecule has 0 saturated carbocycles. The van der Waals surface area contributed by atoms with Crippen LogP contribution in [-0.4, -0.2) is 31.0 Å². The van der Waals surface area contributed by atoms with Crippen molar-refractivity contribution in [3.05, 3.63) is 118 Å². The molecule has 0 radical (unpaired) electrons. The molecular formula is C29H25N3O6S. The SMILES string of the molecule is COc1cc(NC(=O)C(Sc2ccc(NC(=O)c3ccc([N+](=O)[O-])cc3)cc2)c2ccccc2)cc(OC)c1. The number of nitrogens with zero attached hydrogens (tertiary/aromatic N) is 1. The van der Waals surface area contributed by atoms with Gasteiger partial charge in [-0.05, 0) is 42.0 Å². The van der Waals surface area contributed by atoms with Gasteiger partial charge in [-0.15, -0.1) is 11.8 Å². The Hall–Kier alpha value is -4.83. The number of hydrogen-bond donors (Lipinski definition) is 2. The zero-order chi connectivity index (χ0) is 27.8. The minimum Gasteiger partial charge on any atom is -0.497 e. The maximum Gasteiger partial charge on any atom is 0.269 e. The molecule has 10 heteroatoms. The molecule has 1 atom stereocenters. The second kappa shape index (κ2) is 12.6. The molecule has 0 spiro atoms. The molecule has 1 unspecified atom stereocenters. The van der Waals surface area contributed by atoms with Crippen LogP contribution in [0.2, 0.25) is 0 Å². The number of carbonyl (C=O) groups excluding carboxylic acids is 2. The van der Waals surface area contributed by atoms with Gasteiger partial charge in [0.15, 0.2) is 0 Å². The summed E-state index contributed by atoms with van der Waals surface area (Å²) in [7, 11) is 3.09. The number of carbonyl (C=O) groups is 2. The van der Waals surface area contributed by atoms with Crippen LogP contribution in [0.4, 0.5) is 17.1 Å². The number of rotatable bonds is 10. The van der Waals surface area contributed by atoms with E-state index in [1.54, 1.807) is 44.6 Å². The monoisotopic (exact) mass is 543 g/mol. The van der Waals surface area contributed by atoms with Crippen molar-refractivity contribution in [1.29, 1.82) is 0 Å². The topological polar surface area (TPSA) is 120 Å². The first-order chi connectivity index (χ1) is 18.9. The number of hydrogen-bond acceptors (Lipinski definition) is 7. The fourth-order valence-electron chi connectivity index (χ4n) is 3.68. The normalized spacial score (nSPS) is 11.2. The first-order valence-electron chi connectivity index (χ1n) is 11.8. The lowest BCUT2D eigenvalue weighted by Crippen LogP contribution is -2.19. The second-order valence-electron chi connectivity index (χ2n) is 8.28. The van der Waals surface area contributed by atoms with Gasteiger partial charge in [-0.3, -0.25) is 19.7 Å². The van der Waals surface area contributed by atoms with Crippen molar-refractivity contribution in [2.45, 2.75) is 10.1 Å². The van der Waals surface area contributed by atoms with Crippen LogP contribution in [0.3, 0.4) is 0 Å². The smallest absolute Gasteiger partial charge is 0.269 e. The standard InChI is InChI=1S/C29H25N3O6S/c1-37-24-16-22(17-25(18-24)38-2)31-29(34)27(19-6-4-3-5-7-19)39-26-14-10-21(11-15-26)30-28(33)20-8-12-23(13-9-20)32(35)36/h3-18,27H,1-2H3,(H,30,33)(H,31,34). The van der Waals surface area contributed by atoms with Crippen LogP contribution in [0.25, 0.3) is 0 Å². The lowest BCUT2D eigenvalue weighted by Gasteiger charge is -2.18. The van der Waals surface area contributed by atoms with Crippen LogP contribution in [0, 0.1) is 10.1 Å². The first-order valence-corrected chi connectivity index (χ1v) is 12.7. The zero-order valence-electron chi connectivity index (χ0n) is 21.1. The van der Waals surface area contributed by atoms with E-state index >= 15 is 0 Å². The van der Waals surface area contributed by atoms with E-state index in [2.05, 4.69) is 10.6 Å². The molecule has 4 aromatic rings. The van der Waals surface area contributed by atoms with Crippen molar-refractivity contribution in [3.8, 4) is 11.5 Å². The molecule has 198 valence electrons. The van der Waals surface area contributed by atoms with Gasteiger partial charge in [0.05, 0.1) is 19.1 Å². The summed E-state index contributed by atoms with van der Waals surface area (Å²) in [5.74, 6) is 0.498. The van der Waals surface area contributed by atoms with Crippen LogP contribution >= 0.6 is 11.8 Å². The molecule has 0 heterocycles. The van der Waals surface area contributed by atoms with Crippen molar-refractivity contribution in [2.24, 2.45) is 0 Å². The third-order valence-corrected chi connectivity index (χ3v) is 6.93. The summed E-state index contributed by atoms with van der Waals surface area (Å²) in [5, 5.41) is 16.0. The van der Waals surface area contributed by atoms with E-state index in [4.69, 9.17) is 9.47 Å². The molecular weight excluding hydrogens is 518 g/mol. The number of methoxy groups -OCH3 is 2. The van der Waals surface area contributed by atoms with Crippen molar-refractivity contribution >= 4 is 40.6 Å². The highest BCUT2D eigenvalue weighted by molar-refractivity contribution is 8.00. The summed E-state index contributed by atoms with van der Waals surface area (Å²) in [6.45, 7) is 0. The van der Waals surface area contributed by atoms with Gasteiger partial charge < -0.3 is 20.1 Å². The van der Waals surface area contributed by atoms with Gasteiger partial charge in [-0.25, -0.2) is 0 Å². The van der Waals surface area contributed by atoms with E-state index in [1.165, 1.54) is 36.0 Å². The number of amides is 2. The largest absolute Gasteiger partial charge is 0.497 e. The summed E-state index contributed by atoms with van der Waals surface area (Å²) in [4.78, 5) is 37.1. The molecule has 4 aromatic carbocycles. The summed E-state index contributed by atoms with van der Waals surface area (Å²) in [5.41, 5.74) is 2.13. The van der Waals surface area contributed by atoms with Gasteiger partial charge in [0.2, 0.25) is 5.91 Å². The Bertz CT molecular complexity index is 1440. The third kappa shape index (κ3) is 7.14. The summed E-state index contributed by atoms with van der Waals surface area (Å²) in [6, 6.07) is 27.0. The number of nitrogens with one attached hydrogen (secondary N) is 2. The number of thioether (sulfide) groups is 1. The quantitative estimate of drug-likeness (QED) is 0.136. The molecule has 0 aromatic heterocycles. The number of benzene rings is 4. The van der Waals surface area contributed by atoms with Gasteiger partial charge in [0.1, 0.15) is 16.7 Å². The maximum absolute atomic E-state index is 13.4. The van der Waals surface area contributed by atoms with E-state index in [-0.39, 0.29) is 17.5 Å². The number of ether oxygens (including phenoxy) is 2. The van der Waals surface area contributed by atoms with E-state index in [9.17, 15) is 19.7 Å². The molecule has 0 aliphatic carbocycles. The predicted octanol–water partition coefficient (Wildman–Crippen LogP) is 6.34. The lowest BCUT2D eigenvalue weighted by atomic mass is 10.1. The predicted molar refractivity (Wildman–Crippen MR) is 151 cm³/mol. The van der Waals surface area contributed by atoms with Gasteiger partial charge in [0, 0.05) is 52.2 Å². The highest BCUT2D eigenvalue weighted by atomic mass is 32.2. The van der Waals surface area contributed by atoms with Crippen LogP contribution in [0.1, 0.15) is 21.2 Å². The highest BCUT2D eigenvalue weighted by Crippen LogP contribution is 2.37. The van der Waals surface area contributed by atoms with Crippen LogP contribution < -0.4 is 20.1 Å². The molecule has 0 aliphatic heterocycles. The zero-order valence-corrected chi connectivity index (χ0v) is 21.9. The molecule has 0 bridgehead atoms. The van der Waals surface area contributed by atoms with Gasteiger partial charge in [-0.2, -0.15) is 0 Å². The fourth-order valence-corrected chi connectivity index (χ4v) is 4.70. The second-order valence-corrected chi connectivity index (χ2v) is 9.46. The van der Waals surface area contributed by atoms with E-state index in [1.807, 2.05) is 42.5 Å². The molecule has 0 fully saturated rings. The van der Waals surface area contributed by atoms with Gasteiger partial charge in [0.25, 0.3) is 11.6 Å². The maximum atomic E-state index is 13.4.